The van der Waals surface area contributed by atoms with Crippen LogP contribution < -0.4 is 5.32 Å². The van der Waals surface area contributed by atoms with Gasteiger partial charge in [0.2, 0.25) is 5.91 Å². The van der Waals surface area contributed by atoms with Gasteiger partial charge < -0.3 is 19.9 Å². The summed E-state index contributed by atoms with van der Waals surface area (Å²) in [5, 5.41) is 2.91. The van der Waals surface area contributed by atoms with E-state index in [0.29, 0.717) is 13.1 Å². The molecule has 0 saturated carbocycles. The fraction of sp³-hybridized carbons (Fsp3) is 0.353. The van der Waals surface area contributed by atoms with E-state index in [0.717, 1.165) is 29.9 Å². The molecule has 0 bridgehead atoms. The van der Waals surface area contributed by atoms with Crippen molar-refractivity contribution in [1.82, 2.24) is 14.9 Å². The predicted octanol–water partition coefficient (Wildman–Crippen LogP) is 2.49. The minimum absolute atomic E-state index is 0.0747. The molecule has 2 N–H and O–H groups in total. The van der Waals surface area contributed by atoms with Crippen LogP contribution in [0.25, 0.3) is 11.4 Å². The van der Waals surface area contributed by atoms with Crippen molar-refractivity contribution in [3.8, 4) is 11.4 Å². The van der Waals surface area contributed by atoms with Crippen molar-refractivity contribution >= 4 is 17.7 Å². The van der Waals surface area contributed by atoms with Gasteiger partial charge in [-0.1, -0.05) is 0 Å². The Labute approximate surface area is 140 Å². The summed E-state index contributed by atoms with van der Waals surface area (Å²) in [6.07, 6.45) is 4.65. The number of hydrogen-bond acceptors (Lipinski definition) is 4. The third-order valence-corrected chi connectivity index (χ3v) is 4.15. The van der Waals surface area contributed by atoms with E-state index in [4.69, 9.17) is 4.74 Å². The summed E-state index contributed by atoms with van der Waals surface area (Å²) in [4.78, 5) is 32.8. The standard InChI is InChI=1S/C17H20N4O3/c1-24-17(23)21-10-2-3-13(11-21)16(22)20-14-6-4-12(5-7-14)15-18-8-9-19-15/h4-9,13H,2-3,10-11H2,1H3,(H,18,19)(H,20,22). The number of aromatic amines is 1. The number of H-pyrrole nitrogens is 1. The number of benzene rings is 1. The molecule has 0 aliphatic carbocycles. The lowest BCUT2D eigenvalue weighted by Crippen LogP contribution is -2.43. The molecule has 7 nitrogen and oxygen atoms in total. The second-order valence-electron chi connectivity index (χ2n) is 5.76. The molecule has 1 unspecified atom stereocenters. The molecule has 7 heteroatoms. The highest BCUT2D eigenvalue weighted by atomic mass is 16.5. The van der Waals surface area contributed by atoms with Crippen LogP contribution in [-0.2, 0) is 9.53 Å². The largest absolute Gasteiger partial charge is 0.453 e. The van der Waals surface area contributed by atoms with Gasteiger partial charge in [-0.2, -0.15) is 0 Å². The van der Waals surface area contributed by atoms with Crippen LogP contribution in [0.5, 0.6) is 0 Å². The maximum absolute atomic E-state index is 12.4. The topological polar surface area (TPSA) is 87.3 Å². The van der Waals surface area contributed by atoms with Crippen LogP contribution in [0.15, 0.2) is 36.7 Å². The Kier molecular flexibility index (Phi) is 4.79. The number of likely N-dealkylation sites (tertiary alicyclic amines) is 1. The van der Waals surface area contributed by atoms with Gasteiger partial charge in [-0.05, 0) is 37.1 Å². The van der Waals surface area contributed by atoms with Crippen molar-refractivity contribution in [1.29, 1.82) is 0 Å². The summed E-state index contributed by atoms with van der Waals surface area (Å²) in [5.74, 6) is 0.492. The van der Waals surface area contributed by atoms with Gasteiger partial charge in [0.25, 0.3) is 0 Å². The Morgan fingerprint density at radius 1 is 1.33 bits per heavy atom. The van der Waals surface area contributed by atoms with Crippen LogP contribution in [-0.4, -0.2) is 47.1 Å². The maximum Gasteiger partial charge on any atom is 0.409 e. The van der Waals surface area contributed by atoms with Gasteiger partial charge in [0, 0.05) is 36.7 Å². The minimum Gasteiger partial charge on any atom is -0.453 e. The van der Waals surface area contributed by atoms with Gasteiger partial charge in [-0.3, -0.25) is 4.79 Å². The summed E-state index contributed by atoms with van der Waals surface area (Å²) in [6.45, 7) is 1.03. The third-order valence-electron chi connectivity index (χ3n) is 4.15. The number of nitrogens with zero attached hydrogens (tertiary/aromatic N) is 2. The molecule has 24 heavy (non-hydrogen) atoms. The summed E-state index contributed by atoms with van der Waals surface area (Å²) in [7, 11) is 1.35. The van der Waals surface area contributed by atoms with E-state index in [1.165, 1.54) is 7.11 Å². The minimum atomic E-state index is -0.379. The molecule has 126 valence electrons. The lowest BCUT2D eigenvalue weighted by atomic mass is 9.97. The SMILES string of the molecule is COC(=O)N1CCCC(C(=O)Nc2ccc(-c3ncc[nH]3)cc2)C1. The monoisotopic (exact) mass is 328 g/mol. The molecular weight excluding hydrogens is 308 g/mol. The number of methoxy groups -OCH3 is 1. The number of rotatable bonds is 3. The molecule has 1 fully saturated rings. The van der Waals surface area contributed by atoms with Gasteiger partial charge >= 0.3 is 6.09 Å². The molecule has 2 heterocycles. The molecule has 1 aromatic heterocycles. The number of imidazole rings is 1. The quantitative estimate of drug-likeness (QED) is 0.906. The molecular formula is C17H20N4O3. The van der Waals surface area contributed by atoms with Crippen LogP contribution >= 0.6 is 0 Å². The third kappa shape index (κ3) is 3.56. The number of anilines is 1. The van der Waals surface area contributed by atoms with Gasteiger partial charge in [0.1, 0.15) is 5.82 Å². The summed E-state index contributed by atoms with van der Waals surface area (Å²) >= 11 is 0. The molecule has 2 aromatic rings. The van der Waals surface area contributed by atoms with Gasteiger partial charge in [-0.15, -0.1) is 0 Å². The van der Waals surface area contributed by atoms with Crippen LogP contribution in [0.2, 0.25) is 0 Å². The normalized spacial score (nSPS) is 17.4. The summed E-state index contributed by atoms with van der Waals surface area (Å²) in [5.41, 5.74) is 1.68. The van der Waals surface area contributed by atoms with Crippen molar-refractivity contribution in [3.05, 3.63) is 36.7 Å². The predicted molar refractivity (Wildman–Crippen MR) is 89.4 cm³/mol. The zero-order valence-electron chi connectivity index (χ0n) is 13.5. The highest BCUT2D eigenvalue weighted by molar-refractivity contribution is 5.93. The first-order valence-corrected chi connectivity index (χ1v) is 7.91. The van der Waals surface area contributed by atoms with Crippen molar-refractivity contribution in [2.45, 2.75) is 12.8 Å². The van der Waals surface area contributed by atoms with E-state index in [1.54, 1.807) is 17.3 Å². The molecule has 3 rings (SSSR count). The average molecular weight is 328 g/mol. The number of piperidine rings is 1. The molecule has 1 saturated heterocycles. The Bertz CT molecular complexity index is 697. The maximum atomic E-state index is 12.4. The van der Waals surface area contributed by atoms with E-state index in [1.807, 2.05) is 24.3 Å². The lowest BCUT2D eigenvalue weighted by molar-refractivity contribution is -0.121. The van der Waals surface area contributed by atoms with Gasteiger partial charge in [0.05, 0.1) is 13.0 Å². The van der Waals surface area contributed by atoms with E-state index >= 15 is 0 Å². The molecule has 2 amide bonds. The van der Waals surface area contributed by atoms with E-state index < -0.39 is 0 Å². The first kappa shape index (κ1) is 16.0. The molecule has 0 spiro atoms. The van der Waals surface area contributed by atoms with Crippen LogP contribution in [0, 0.1) is 5.92 Å². The average Bonchev–Trinajstić information content (AvgIpc) is 3.16. The van der Waals surface area contributed by atoms with Crippen molar-refractivity contribution < 1.29 is 14.3 Å². The number of hydrogen-bond donors (Lipinski definition) is 2. The lowest BCUT2D eigenvalue weighted by Gasteiger charge is -2.30. The number of aromatic nitrogens is 2. The number of carbonyl (C=O) groups is 2. The smallest absolute Gasteiger partial charge is 0.409 e. The van der Waals surface area contributed by atoms with Gasteiger partial charge in [0.15, 0.2) is 0 Å². The highest BCUT2D eigenvalue weighted by Gasteiger charge is 2.28. The van der Waals surface area contributed by atoms with Crippen LogP contribution in [0.1, 0.15) is 12.8 Å². The zero-order chi connectivity index (χ0) is 16.9. The van der Waals surface area contributed by atoms with E-state index in [2.05, 4.69) is 15.3 Å². The van der Waals surface area contributed by atoms with Crippen molar-refractivity contribution in [2.24, 2.45) is 5.92 Å². The van der Waals surface area contributed by atoms with Crippen molar-refractivity contribution in [2.75, 3.05) is 25.5 Å². The first-order chi connectivity index (χ1) is 11.7. The Balaban J connectivity index is 1.61. The van der Waals surface area contributed by atoms with Gasteiger partial charge in [-0.25, -0.2) is 9.78 Å². The molecule has 1 aliphatic rings. The number of nitrogens with one attached hydrogen (secondary N) is 2. The van der Waals surface area contributed by atoms with Crippen LogP contribution in [0.4, 0.5) is 10.5 Å². The second-order valence-corrected chi connectivity index (χ2v) is 5.76. The molecule has 1 aliphatic heterocycles. The Morgan fingerprint density at radius 2 is 2.12 bits per heavy atom. The summed E-state index contributed by atoms with van der Waals surface area (Å²) < 4.78 is 4.73. The first-order valence-electron chi connectivity index (χ1n) is 7.91. The Hall–Kier alpha value is -2.83. The van der Waals surface area contributed by atoms with Crippen molar-refractivity contribution in [3.63, 3.8) is 0 Å². The van der Waals surface area contributed by atoms with E-state index in [-0.39, 0.29) is 17.9 Å². The number of carbonyl (C=O) groups excluding carboxylic acids is 2. The second kappa shape index (κ2) is 7.16. The highest BCUT2D eigenvalue weighted by Crippen LogP contribution is 2.21. The van der Waals surface area contributed by atoms with Crippen LogP contribution in [0.3, 0.4) is 0 Å². The molecule has 1 aromatic carbocycles. The van der Waals surface area contributed by atoms with E-state index in [9.17, 15) is 9.59 Å². The Morgan fingerprint density at radius 3 is 2.79 bits per heavy atom. The summed E-state index contributed by atoms with van der Waals surface area (Å²) in [6, 6.07) is 7.49. The molecule has 1 atom stereocenters. The molecule has 0 radical (unpaired) electrons. The number of ether oxygens (including phenoxy) is 1. The zero-order valence-corrected chi connectivity index (χ0v) is 13.5. The fourth-order valence-corrected chi connectivity index (χ4v) is 2.86. The fourth-order valence-electron chi connectivity index (χ4n) is 2.86. The number of amides is 2.